The molecule has 1 saturated heterocycles. The van der Waals surface area contributed by atoms with E-state index in [4.69, 9.17) is 9.47 Å². The molecule has 0 aromatic heterocycles. The summed E-state index contributed by atoms with van der Waals surface area (Å²) in [7, 11) is 0. The smallest absolute Gasteiger partial charge is 0.306 e. The first-order valence-electron chi connectivity index (χ1n) is 10.4. The van der Waals surface area contributed by atoms with E-state index in [2.05, 4.69) is 0 Å². The Morgan fingerprint density at radius 3 is 2.43 bits per heavy atom. The SMILES string of the molecule is CC1(C)OC2=C(CC1OC(=O)CCC(=O)N1CCCC1)C(=O)C(=O)c1ccccc12. The predicted molar refractivity (Wildman–Crippen MR) is 107 cm³/mol. The van der Waals surface area contributed by atoms with Crippen molar-refractivity contribution in [2.75, 3.05) is 13.1 Å². The van der Waals surface area contributed by atoms with Gasteiger partial charge in [-0.25, -0.2) is 0 Å². The van der Waals surface area contributed by atoms with Crippen molar-refractivity contribution in [1.29, 1.82) is 0 Å². The predicted octanol–water partition coefficient (Wildman–Crippen LogP) is 2.68. The van der Waals surface area contributed by atoms with E-state index in [1.54, 1.807) is 43.0 Å². The van der Waals surface area contributed by atoms with Crippen LogP contribution in [0.15, 0.2) is 29.8 Å². The molecule has 3 aliphatic rings. The van der Waals surface area contributed by atoms with Gasteiger partial charge in [-0.1, -0.05) is 24.3 Å². The van der Waals surface area contributed by atoms with Crippen molar-refractivity contribution in [3.8, 4) is 0 Å². The number of rotatable bonds is 4. The summed E-state index contributed by atoms with van der Waals surface area (Å²) in [5, 5.41) is 0. The van der Waals surface area contributed by atoms with Gasteiger partial charge in [0.1, 0.15) is 17.5 Å². The van der Waals surface area contributed by atoms with Gasteiger partial charge in [0.2, 0.25) is 17.5 Å². The molecule has 7 nitrogen and oxygen atoms in total. The highest BCUT2D eigenvalue weighted by molar-refractivity contribution is 6.52. The number of hydrogen-bond donors (Lipinski definition) is 0. The van der Waals surface area contributed by atoms with E-state index >= 15 is 0 Å². The van der Waals surface area contributed by atoms with Crippen LogP contribution in [-0.2, 0) is 23.9 Å². The summed E-state index contributed by atoms with van der Waals surface area (Å²) < 4.78 is 11.7. The first-order valence-corrected chi connectivity index (χ1v) is 10.4. The molecule has 1 amide bonds. The lowest BCUT2D eigenvalue weighted by Gasteiger charge is -2.41. The molecule has 1 aliphatic carbocycles. The van der Waals surface area contributed by atoms with Crippen LogP contribution in [0.1, 0.15) is 61.9 Å². The Balaban J connectivity index is 1.48. The number of hydrogen-bond acceptors (Lipinski definition) is 6. The molecule has 0 radical (unpaired) electrons. The number of benzene rings is 1. The number of fused-ring (bicyclic) bond motifs is 2. The average Bonchev–Trinajstić information content (AvgIpc) is 3.26. The maximum atomic E-state index is 12.6. The highest BCUT2D eigenvalue weighted by atomic mass is 16.6. The van der Waals surface area contributed by atoms with Gasteiger partial charge in [-0.05, 0) is 26.7 Å². The number of amides is 1. The minimum absolute atomic E-state index is 0.0243. The van der Waals surface area contributed by atoms with E-state index < -0.39 is 29.2 Å². The monoisotopic (exact) mass is 411 g/mol. The Labute approximate surface area is 175 Å². The zero-order valence-corrected chi connectivity index (χ0v) is 17.2. The Kier molecular flexibility index (Phi) is 5.22. The van der Waals surface area contributed by atoms with Crippen molar-refractivity contribution >= 4 is 29.2 Å². The minimum atomic E-state index is -0.888. The molecule has 1 unspecified atom stereocenters. The molecule has 1 aromatic carbocycles. The molecule has 0 saturated carbocycles. The lowest BCUT2D eigenvalue weighted by Crippen LogP contribution is -2.47. The minimum Gasteiger partial charge on any atom is -0.483 e. The van der Waals surface area contributed by atoms with Crippen LogP contribution in [0.5, 0.6) is 0 Å². The van der Waals surface area contributed by atoms with Gasteiger partial charge in [-0.15, -0.1) is 0 Å². The Morgan fingerprint density at radius 1 is 1.07 bits per heavy atom. The van der Waals surface area contributed by atoms with Crippen LogP contribution in [0.4, 0.5) is 0 Å². The van der Waals surface area contributed by atoms with Crippen molar-refractivity contribution in [3.05, 3.63) is 41.0 Å². The number of ketones is 2. The second-order valence-corrected chi connectivity index (χ2v) is 8.49. The third kappa shape index (κ3) is 3.64. The summed E-state index contributed by atoms with van der Waals surface area (Å²) in [6.07, 6.45) is 1.45. The van der Waals surface area contributed by atoms with Crippen LogP contribution >= 0.6 is 0 Å². The lowest BCUT2D eigenvalue weighted by molar-refractivity contribution is -0.164. The molecule has 1 atom stereocenters. The van der Waals surface area contributed by atoms with Crippen molar-refractivity contribution in [2.24, 2.45) is 0 Å². The van der Waals surface area contributed by atoms with Crippen LogP contribution in [0.2, 0.25) is 0 Å². The topological polar surface area (TPSA) is 90.0 Å². The van der Waals surface area contributed by atoms with Crippen LogP contribution in [-0.4, -0.2) is 53.1 Å². The first kappa shape index (κ1) is 20.3. The standard InChI is InChI=1S/C23H25NO6/c1-23(2)17(29-19(26)10-9-18(25)24-11-5-6-12-24)13-16-21(28)20(27)14-7-3-4-8-15(14)22(16)30-23/h3-4,7-8,17H,5-6,9-13H2,1-2H3. The van der Waals surface area contributed by atoms with Crippen LogP contribution < -0.4 is 0 Å². The summed E-state index contributed by atoms with van der Waals surface area (Å²) in [6.45, 7) is 5.05. The van der Waals surface area contributed by atoms with Gasteiger partial charge in [0.25, 0.3) is 0 Å². The summed E-state index contributed by atoms with van der Waals surface area (Å²) in [5.41, 5.74) is 0.268. The number of Topliss-reactive ketones (excluding diaryl/α,β-unsaturated/α-hetero) is 2. The normalized spacial score (nSPS) is 22.3. The molecular formula is C23H25NO6. The maximum absolute atomic E-state index is 12.6. The zero-order valence-electron chi connectivity index (χ0n) is 17.2. The molecule has 1 fully saturated rings. The summed E-state index contributed by atoms with van der Waals surface area (Å²) in [5.74, 6) is -1.36. The number of likely N-dealkylation sites (tertiary alicyclic amines) is 1. The quantitative estimate of drug-likeness (QED) is 0.559. The highest BCUT2D eigenvalue weighted by Gasteiger charge is 2.46. The molecule has 30 heavy (non-hydrogen) atoms. The van der Waals surface area contributed by atoms with Gasteiger partial charge < -0.3 is 14.4 Å². The Morgan fingerprint density at radius 2 is 1.73 bits per heavy atom. The van der Waals surface area contributed by atoms with Crippen molar-refractivity contribution < 1.29 is 28.7 Å². The van der Waals surface area contributed by atoms with Gasteiger partial charge in [0.05, 0.1) is 12.0 Å². The fourth-order valence-corrected chi connectivity index (χ4v) is 4.20. The van der Waals surface area contributed by atoms with Crippen LogP contribution in [0, 0.1) is 0 Å². The van der Waals surface area contributed by atoms with Crippen molar-refractivity contribution in [1.82, 2.24) is 4.90 Å². The highest BCUT2D eigenvalue weighted by Crippen LogP contribution is 2.42. The third-order valence-corrected chi connectivity index (χ3v) is 5.98. The Hall–Kier alpha value is -2.96. The number of carbonyl (C=O) groups is 4. The number of nitrogens with zero attached hydrogens (tertiary/aromatic N) is 1. The zero-order chi connectivity index (χ0) is 21.5. The molecule has 0 spiro atoms. The Bertz CT molecular complexity index is 954. The van der Waals surface area contributed by atoms with E-state index in [9.17, 15) is 19.2 Å². The van der Waals surface area contributed by atoms with Gasteiger partial charge >= 0.3 is 5.97 Å². The number of esters is 1. The fraction of sp³-hybridized carbons (Fsp3) is 0.478. The summed E-state index contributed by atoms with van der Waals surface area (Å²) in [6, 6.07) is 6.85. The second-order valence-electron chi connectivity index (χ2n) is 8.49. The van der Waals surface area contributed by atoms with E-state index in [0.717, 1.165) is 25.9 Å². The second kappa shape index (κ2) is 7.70. The van der Waals surface area contributed by atoms with Gasteiger partial charge in [0.15, 0.2) is 0 Å². The van der Waals surface area contributed by atoms with Crippen molar-refractivity contribution in [2.45, 2.75) is 57.7 Å². The molecule has 4 rings (SSSR count). The van der Waals surface area contributed by atoms with E-state index in [1.807, 2.05) is 0 Å². The molecule has 2 aliphatic heterocycles. The average molecular weight is 411 g/mol. The lowest BCUT2D eigenvalue weighted by atomic mass is 9.81. The first-order chi connectivity index (χ1) is 14.3. The largest absolute Gasteiger partial charge is 0.483 e. The van der Waals surface area contributed by atoms with Gasteiger partial charge in [-0.3, -0.25) is 19.2 Å². The molecule has 0 bridgehead atoms. The molecule has 2 heterocycles. The third-order valence-electron chi connectivity index (χ3n) is 5.98. The van der Waals surface area contributed by atoms with Crippen molar-refractivity contribution in [3.63, 3.8) is 0 Å². The van der Waals surface area contributed by atoms with E-state index in [-0.39, 0.29) is 30.7 Å². The van der Waals surface area contributed by atoms with E-state index in [0.29, 0.717) is 16.9 Å². The molecular weight excluding hydrogens is 386 g/mol. The number of ether oxygens (including phenoxy) is 2. The molecule has 0 N–H and O–H groups in total. The summed E-state index contributed by atoms with van der Waals surface area (Å²) in [4.78, 5) is 51.5. The van der Waals surface area contributed by atoms with E-state index in [1.165, 1.54) is 0 Å². The molecule has 1 aromatic rings. The fourth-order valence-electron chi connectivity index (χ4n) is 4.20. The summed E-state index contributed by atoms with van der Waals surface area (Å²) >= 11 is 0. The number of carbonyl (C=O) groups excluding carboxylic acids is 4. The van der Waals surface area contributed by atoms with Gasteiger partial charge in [0, 0.05) is 37.1 Å². The molecule has 7 heteroatoms. The molecule has 158 valence electrons. The van der Waals surface area contributed by atoms with Gasteiger partial charge in [-0.2, -0.15) is 0 Å². The maximum Gasteiger partial charge on any atom is 0.306 e. The van der Waals surface area contributed by atoms with Crippen LogP contribution in [0.25, 0.3) is 5.76 Å². The van der Waals surface area contributed by atoms with Crippen LogP contribution in [0.3, 0.4) is 0 Å².